The van der Waals surface area contributed by atoms with Gasteiger partial charge in [-0.25, -0.2) is 9.67 Å². The zero-order valence-corrected chi connectivity index (χ0v) is 22.3. The van der Waals surface area contributed by atoms with Gasteiger partial charge in [0.05, 0.1) is 17.3 Å². The molecule has 0 bridgehead atoms. The summed E-state index contributed by atoms with van der Waals surface area (Å²) in [5.41, 5.74) is 2.70. The molecule has 9 heteroatoms. The van der Waals surface area contributed by atoms with Crippen molar-refractivity contribution in [3.05, 3.63) is 71.2 Å². The lowest BCUT2D eigenvalue weighted by atomic mass is 9.81. The lowest BCUT2D eigenvalue weighted by Crippen LogP contribution is -2.27. The van der Waals surface area contributed by atoms with Gasteiger partial charge in [0.2, 0.25) is 0 Å². The average Bonchev–Trinajstić information content (AvgIpc) is 3.36. The van der Waals surface area contributed by atoms with Gasteiger partial charge in [-0.15, -0.1) is 0 Å². The third-order valence-electron chi connectivity index (χ3n) is 7.28. The molecule has 3 aromatic rings. The first-order valence-electron chi connectivity index (χ1n) is 13.4. The SMILES string of the molecule is CCCN(C)C(=O)c1ccc(NC(c2cn(-c3ccc(C(F)(F)F)cn3)nc2CC)C2CCCCC2)cc1. The normalized spacial score (nSPS) is 15.3. The molecule has 0 spiro atoms. The number of carbonyl (C=O) groups excluding carboxylic acids is 1. The molecule has 1 aliphatic rings. The third kappa shape index (κ3) is 6.37. The maximum absolute atomic E-state index is 13.0. The fourth-order valence-electron chi connectivity index (χ4n) is 5.23. The van der Waals surface area contributed by atoms with E-state index < -0.39 is 11.7 Å². The summed E-state index contributed by atoms with van der Waals surface area (Å²) in [6.45, 7) is 4.78. The van der Waals surface area contributed by atoms with Gasteiger partial charge >= 0.3 is 6.18 Å². The number of aryl methyl sites for hydroxylation is 1. The predicted molar refractivity (Wildman–Crippen MR) is 142 cm³/mol. The van der Waals surface area contributed by atoms with E-state index in [9.17, 15) is 18.0 Å². The van der Waals surface area contributed by atoms with Crippen molar-refractivity contribution in [3.8, 4) is 5.82 Å². The van der Waals surface area contributed by atoms with Crippen LogP contribution in [0.25, 0.3) is 5.82 Å². The molecule has 0 aliphatic heterocycles. The van der Waals surface area contributed by atoms with Gasteiger partial charge in [0.1, 0.15) is 0 Å². The number of alkyl halides is 3. The molecule has 1 unspecified atom stereocenters. The molecule has 1 amide bonds. The van der Waals surface area contributed by atoms with Gasteiger partial charge in [0.25, 0.3) is 5.91 Å². The number of amides is 1. The molecular formula is C29H36F3N5O. The van der Waals surface area contributed by atoms with E-state index in [0.717, 1.165) is 61.3 Å². The van der Waals surface area contributed by atoms with Crippen LogP contribution in [0.3, 0.4) is 0 Å². The Morgan fingerprint density at radius 2 is 1.82 bits per heavy atom. The quantitative estimate of drug-likeness (QED) is 0.323. The van der Waals surface area contributed by atoms with Gasteiger partial charge in [-0.1, -0.05) is 33.1 Å². The van der Waals surface area contributed by atoms with Crippen molar-refractivity contribution in [2.75, 3.05) is 18.9 Å². The lowest BCUT2D eigenvalue weighted by molar-refractivity contribution is -0.137. The molecule has 4 rings (SSSR count). The standard InChI is InChI=1S/C29H36F3N5O/c1-4-17-36(3)28(38)21-11-14-23(15-12-21)34-27(20-9-7-6-8-10-20)24-19-37(35-25(24)5-2)26-16-13-22(18-33-26)29(30,31)32/h11-16,18-20,27,34H,4-10,17H2,1-3H3. The van der Waals surface area contributed by atoms with Crippen molar-refractivity contribution < 1.29 is 18.0 Å². The molecule has 0 radical (unpaired) electrons. The van der Waals surface area contributed by atoms with Gasteiger partial charge in [0.15, 0.2) is 5.82 Å². The molecule has 1 saturated carbocycles. The highest BCUT2D eigenvalue weighted by Gasteiger charge is 2.31. The van der Waals surface area contributed by atoms with Crippen LogP contribution in [0.1, 0.15) is 85.6 Å². The van der Waals surface area contributed by atoms with Crippen molar-refractivity contribution in [3.63, 3.8) is 0 Å². The lowest BCUT2D eigenvalue weighted by Gasteiger charge is -2.32. The average molecular weight is 528 g/mol. The Labute approximate surface area is 222 Å². The van der Waals surface area contributed by atoms with Crippen LogP contribution in [0.2, 0.25) is 0 Å². The summed E-state index contributed by atoms with van der Waals surface area (Å²) >= 11 is 0. The van der Waals surface area contributed by atoms with E-state index >= 15 is 0 Å². The first-order chi connectivity index (χ1) is 18.2. The Morgan fingerprint density at radius 1 is 1.11 bits per heavy atom. The molecule has 2 aromatic heterocycles. The van der Waals surface area contributed by atoms with Crippen LogP contribution in [0, 0.1) is 5.92 Å². The van der Waals surface area contributed by atoms with Gasteiger partial charge in [-0.3, -0.25) is 4.79 Å². The van der Waals surface area contributed by atoms with Crippen LogP contribution in [0.4, 0.5) is 18.9 Å². The Balaban J connectivity index is 1.62. The first-order valence-corrected chi connectivity index (χ1v) is 13.4. The number of pyridine rings is 1. The minimum Gasteiger partial charge on any atom is -0.378 e. The van der Waals surface area contributed by atoms with E-state index in [4.69, 9.17) is 5.10 Å². The summed E-state index contributed by atoms with van der Waals surface area (Å²) < 4.78 is 40.6. The highest BCUT2D eigenvalue weighted by Crippen LogP contribution is 2.38. The smallest absolute Gasteiger partial charge is 0.378 e. The van der Waals surface area contributed by atoms with Crippen LogP contribution < -0.4 is 5.32 Å². The van der Waals surface area contributed by atoms with E-state index in [1.807, 2.05) is 51.4 Å². The zero-order valence-electron chi connectivity index (χ0n) is 22.3. The Morgan fingerprint density at radius 3 is 2.39 bits per heavy atom. The van der Waals surface area contributed by atoms with Crippen LogP contribution in [-0.4, -0.2) is 39.2 Å². The number of nitrogens with zero attached hydrogens (tertiary/aromatic N) is 4. The topological polar surface area (TPSA) is 63.1 Å². The second kappa shape index (κ2) is 12.0. The van der Waals surface area contributed by atoms with Crippen LogP contribution in [0.5, 0.6) is 0 Å². The molecule has 2 heterocycles. The Bertz CT molecular complexity index is 1200. The number of rotatable bonds is 9. The van der Waals surface area contributed by atoms with E-state index in [-0.39, 0.29) is 11.9 Å². The summed E-state index contributed by atoms with van der Waals surface area (Å²) in [4.78, 5) is 18.4. The maximum Gasteiger partial charge on any atom is 0.417 e. The molecule has 38 heavy (non-hydrogen) atoms. The first kappa shape index (κ1) is 27.7. The van der Waals surface area contributed by atoms with Gasteiger partial charge in [-0.05, 0) is 68.0 Å². The van der Waals surface area contributed by atoms with E-state index in [1.54, 1.807) is 9.58 Å². The van der Waals surface area contributed by atoms with Crippen LogP contribution in [-0.2, 0) is 12.6 Å². The molecule has 1 N–H and O–H groups in total. The number of carbonyl (C=O) groups is 1. The maximum atomic E-state index is 13.0. The zero-order chi connectivity index (χ0) is 27.3. The molecule has 1 aliphatic carbocycles. The summed E-state index contributed by atoms with van der Waals surface area (Å²) in [6, 6.07) is 9.96. The monoisotopic (exact) mass is 527 g/mol. The highest BCUT2D eigenvalue weighted by atomic mass is 19.4. The van der Waals surface area contributed by atoms with Crippen molar-refractivity contribution in [2.45, 2.75) is 71.0 Å². The van der Waals surface area contributed by atoms with E-state index in [2.05, 4.69) is 10.3 Å². The number of hydrogen-bond acceptors (Lipinski definition) is 4. The van der Waals surface area contributed by atoms with E-state index in [1.165, 1.54) is 12.5 Å². The fraction of sp³-hybridized carbons (Fsp3) is 0.483. The summed E-state index contributed by atoms with van der Waals surface area (Å²) in [6.07, 6.45) is 5.62. The highest BCUT2D eigenvalue weighted by molar-refractivity contribution is 5.94. The van der Waals surface area contributed by atoms with E-state index in [0.29, 0.717) is 30.3 Å². The molecule has 204 valence electrons. The minimum absolute atomic E-state index is 0.000757. The van der Waals surface area contributed by atoms with Crippen molar-refractivity contribution in [2.24, 2.45) is 5.92 Å². The molecule has 6 nitrogen and oxygen atoms in total. The molecule has 1 atom stereocenters. The summed E-state index contributed by atoms with van der Waals surface area (Å²) in [5.74, 6) is 0.741. The molecule has 1 aromatic carbocycles. The summed E-state index contributed by atoms with van der Waals surface area (Å²) in [5, 5.41) is 8.41. The molecular weight excluding hydrogens is 491 g/mol. The van der Waals surface area contributed by atoms with Crippen LogP contribution in [0.15, 0.2) is 48.8 Å². The van der Waals surface area contributed by atoms with Gasteiger partial charge in [-0.2, -0.15) is 18.3 Å². The number of hydrogen-bond donors (Lipinski definition) is 1. The minimum atomic E-state index is -4.43. The molecule has 1 fully saturated rings. The number of benzene rings is 1. The second-order valence-corrected chi connectivity index (χ2v) is 10.1. The molecule has 0 saturated heterocycles. The largest absolute Gasteiger partial charge is 0.417 e. The number of aromatic nitrogens is 3. The van der Waals surface area contributed by atoms with Crippen molar-refractivity contribution in [1.29, 1.82) is 0 Å². The Hall–Kier alpha value is -3.36. The summed E-state index contributed by atoms with van der Waals surface area (Å²) in [7, 11) is 1.81. The predicted octanol–water partition coefficient (Wildman–Crippen LogP) is 7.06. The van der Waals surface area contributed by atoms with Gasteiger partial charge < -0.3 is 10.2 Å². The second-order valence-electron chi connectivity index (χ2n) is 10.1. The van der Waals surface area contributed by atoms with Crippen molar-refractivity contribution in [1.82, 2.24) is 19.7 Å². The fourth-order valence-corrected chi connectivity index (χ4v) is 5.23. The number of anilines is 1. The third-order valence-corrected chi connectivity index (χ3v) is 7.28. The Kier molecular flexibility index (Phi) is 8.74. The van der Waals surface area contributed by atoms with Crippen molar-refractivity contribution >= 4 is 11.6 Å². The van der Waals surface area contributed by atoms with Crippen LogP contribution >= 0.6 is 0 Å². The number of nitrogens with one attached hydrogen (secondary N) is 1. The number of halogens is 3. The van der Waals surface area contributed by atoms with Gasteiger partial charge in [0, 0.05) is 42.8 Å².